The van der Waals surface area contributed by atoms with Crippen LogP contribution in [0.2, 0.25) is 5.02 Å². The second-order valence-corrected chi connectivity index (χ2v) is 7.76. The van der Waals surface area contributed by atoms with Crippen LogP contribution in [0.1, 0.15) is 5.69 Å². The van der Waals surface area contributed by atoms with Gasteiger partial charge in [-0.1, -0.05) is 17.7 Å². The number of aromatic nitrogens is 1. The average Bonchev–Trinajstić information content (AvgIpc) is 2.70. The summed E-state index contributed by atoms with van der Waals surface area (Å²) in [4.78, 5) is 14.2. The lowest BCUT2D eigenvalue weighted by molar-refractivity contribution is -0.385. The molecule has 0 bridgehead atoms. The number of nitro benzene ring substituents is 1. The molecule has 0 saturated heterocycles. The molecule has 29 heavy (non-hydrogen) atoms. The predicted molar refractivity (Wildman–Crippen MR) is 111 cm³/mol. The van der Waals surface area contributed by atoms with Crippen LogP contribution in [0.25, 0.3) is 0 Å². The normalized spacial score (nSPS) is 11.3. The monoisotopic (exact) mass is 431 g/mol. The Morgan fingerprint density at radius 1 is 1.10 bits per heavy atom. The third-order valence-electron chi connectivity index (χ3n) is 3.63. The minimum absolute atomic E-state index is 0.0595. The van der Waals surface area contributed by atoms with E-state index < -0.39 is 14.9 Å². The highest BCUT2D eigenvalue weighted by atomic mass is 35.5. The molecule has 0 aliphatic heterocycles. The number of hydrazone groups is 1. The van der Waals surface area contributed by atoms with Crippen LogP contribution in [-0.4, -0.2) is 24.5 Å². The number of hydrogen-bond acceptors (Lipinski definition) is 7. The molecule has 0 fully saturated rings. The zero-order valence-corrected chi connectivity index (χ0v) is 16.3. The molecule has 9 nitrogen and oxygen atoms in total. The zero-order valence-electron chi connectivity index (χ0n) is 14.7. The van der Waals surface area contributed by atoms with E-state index in [9.17, 15) is 18.5 Å². The largest absolute Gasteiger partial charge is 0.280 e. The molecule has 1 heterocycles. The van der Waals surface area contributed by atoms with Crippen LogP contribution in [0.5, 0.6) is 0 Å². The summed E-state index contributed by atoms with van der Waals surface area (Å²) in [5.74, 6) is 0. The van der Waals surface area contributed by atoms with Gasteiger partial charge in [-0.2, -0.15) is 5.10 Å². The summed E-state index contributed by atoms with van der Waals surface area (Å²) in [6.07, 6.45) is 2.98. The van der Waals surface area contributed by atoms with Gasteiger partial charge in [-0.15, -0.1) is 0 Å². The molecule has 148 valence electrons. The summed E-state index contributed by atoms with van der Waals surface area (Å²) < 4.78 is 28.1. The highest BCUT2D eigenvalue weighted by molar-refractivity contribution is 7.92. The van der Waals surface area contributed by atoms with Crippen LogP contribution in [0.4, 0.5) is 17.1 Å². The number of nitrogens with one attached hydrogen (secondary N) is 2. The summed E-state index contributed by atoms with van der Waals surface area (Å²) in [5.41, 5.74) is 3.08. The fourth-order valence-electron chi connectivity index (χ4n) is 2.29. The summed E-state index contributed by atoms with van der Waals surface area (Å²) in [6.45, 7) is 0. The molecule has 0 radical (unpaired) electrons. The smallest absolute Gasteiger partial charge is 0.270 e. The number of hydrogen-bond donors (Lipinski definition) is 2. The van der Waals surface area contributed by atoms with Gasteiger partial charge in [0.15, 0.2) is 0 Å². The van der Waals surface area contributed by atoms with Crippen LogP contribution in [0, 0.1) is 10.1 Å². The Bertz CT molecular complexity index is 1150. The first-order valence-corrected chi connectivity index (χ1v) is 9.98. The number of rotatable bonds is 7. The summed E-state index contributed by atoms with van der Waals surface area (Å²) >= 11 is 5.81. The summed E-state index contributed by atoms with van der Waals surface area (Å²) in [6, 6.07) is 14.6. The third-order valence-corrected chi connectivity index (χ3v) is 5.30. The van der Waals surface area contributed by atoms with E-state index in [-0.39, 0.29) is 22.0 Å². The molecular weight excluding hydrogens is 418 g/mol. The van der Waals surface area contributed by atoms with E-state index in [0.717, 1.165) is 6.07 Å². The van der Waals surface area contributed by atoms with Gasteiger partial charge < -0.3 is 0 Å². The van der Waals surface area contributed by atoms with Gasteiger partial charge in [0.05, 0.1) is 22.5 Å². The number of pyridine rings is 1. The van der Waals surface area contributed by atoms with Gasteiger partial charge >= 0.3 is 0 Å². The fourth-order valence-corrected chi connectivity index (χ4v) is 3.65. The molecular formula is C18H14ClN5O4S. The van der Waals surface area contributed by atoms with E-state index >= 15 is 0 Å². The van der Waals surface area contributed by atoms with E-state index in [1.54, 1.807) is 24.4 Å². The predicted octanol–water partition coefficient (Wildman–Crippen LogP) is 3.89. The van der Waals surface area contributed by atoms with Crippen molar-refractivity contribution < 1.29 is 13.3 Å². The first-order chi connectivity index (χ1) is 13.8. The van der Waals surface area contributed by atoms with Crippen molar-refractivity contribution in [3.63, 3.8) is 0 Å². The third kappa shape index (κ3) is 5.27. The molecule has 3 rings (SSSR count). The number of sulfonamides is 1. The van der Waals surface area contributed by atoms with Gasteiger partial charge in [-0.25, -0.2) is 8.42 Å². The van der Waals surface area contributed by atoms with Crippen LogP contribution >= 0.6 is 11.6 Å². The first kappa shape index (κ1) is 20.2. The van der Waals surface area contributed by atoms with Gasteiger partial charge in [0.25, 0.3) is 15.7 Å². The van der Waals surface area contributed by atoms with E-state index in [4.69, 9.17) is 11.6 Å². The van der Waals surface area contributed by atoms with Crippen LogP contribution in [-0.2, 0) is 10.0 Å². The number of halogens is 1. The molecule has 3 aromatic rings. The SMILES string of the molecule is O=[N+]([O-])c1ccc(NN=Cc2ccccn2)c(S(=O)(=O)Nc2ccc(Cl)cc2)c1. The Morgan fingerprint density at radius 3 is 2.52 bits per heavy atom. The quantitative estimate of drug-likeness (QED) is 0.332. The Kier molecular flexibility index (Phi) is 6.05. The van der Waals surface area contributed by atoms with Crippen molar-refractivity contribution in [3.8, 4) is 0 Å². The summed E-state index contributed by atoms with van der Waals surface area (Å²) in [7, 11) is -4.16. The number of non-ortho nitro benzene ring substituents is 1. The van der Waals surface area contributed by atoms with E-state index in [1.807, 2.05) is 0 Å². The van der Waals surface area contributed by atoms with Crippen molar-refractivity contribution >= 4 is 44.9 Å². The van der Waals surface area contributed by atoms with Crippen molar-refractivity contribution in [1.29, 1.82) is 0 Å². The standard InChI is InChI=1S/C18H14ClN5O4S/c19-13-4-6-14(7-5-13)23-29(27,28)18-11-16(24(25)26)8-9-17(18)22-21-12-15-3-1-2-10-20-15/h1-12,22-23H. The number of nitro groups is 1. The van der Waals surface area contributed by atoms with Crippen molar-refractivity contribution in [1.82, 2.24) is 4.98 Å². The molecule has 0 aliphatic rings. The maximum absolute atomic E-state index is 12.8. The van der Waals surface area contributed by atoms with Crippen LogP contribution in [0.15, 0.2) is 76.9 Å². The van der Waals surface area contributed by atoms with Gasteiger partial charge in [-0.3, -0.25) is 25.2 Å². The molecule has 0 atom stereocenters. The Balaban J connectivity index is 1.93. The maximum Gasteiger partial charge on any atom is 0.270 e. The van der Waals surface area contributed by atoms with Gasteiger partial charge in [-0.05, 0) is 42.5 Å². The maximum atomic E-state index is 12.8. The van der Waals surface area contributed by atoms with Gasteiger partial charge in [0, 0.05) is 29.0 Å². The molecule has 0 aliphatic carbocycles. The van der Waals surface area contributed by atoms with Gasteiger partial charge in [0.1, 0.15) is 4.90 Å². The van der Waals surface area contributed by atoms with Crippen molar-refractivity contribution in [2.75, 3.05) is 10.1 Å². The lowest BCUT2D eigenvalue weighted by Gasteiger charge is -2.12. The molecule has 0 saturated carbocycles. The van der Waals surface area contributed by atoms with Crippen molar-refractivity contribution in [2.45, 2.75) is 4.90 Å². The summed E-state index contributed by atoms with van der Waals surface area (Å²) in [5, 5.41) is 15.5. The highest BCUT2D eigenvalue weighted by Crippen LogP contribution is 2.28. The van der Waals surface area contributed by atoms with Crippen LogP contribution in [0.3, 0.4) is 0 Å². The second kappa shape index (κ2) is 8.67. The lowest BCUT2D eigenvalue weighted by atomic mass is 10.3. The van der Waals surface area contributed by atoms with Crippen molar-refractivity contribution in [3.05, 3.63) is 87.7 Å². The van der Waals surface area contributed by atoms with Crippen LogP contribution < -0.4 is 10.1 Å². The van der Waals surface area contributed by atoms with Crippen molar-refractivity contribution in [2.24, 2.45) is 5.10 Å². The molecule has 2 aromatic carbocycles. The Labute approximate surface area is 171 Å². The van der Waals surface area contributed by atoms with Gasteiger partial charge in [0.2, 0.25) is 0 Å². The molecule has 1 aromatic heterocycles. The Morgan fingerprint density at radius 2 is 1.86 bits per heavy atom. The second-order valence-electron chi connectivity index (χ2n) is 5.67. The lowest BCUT2D eigenvalue weighted by Crippen LogP contribution is -2.15. The average molecular weight is 432 g/mol. The molecule has 11 heteroatoms. The molecule has 2 N–H and O–H groups in total. The van der Waals surface area contributed by atoms with E-state index in [2.05, 4.69) is 20.2 Å². The van der Waals surface area contributed by atoms with E-state index in [0.29, 0.717) is 10.7 Å². The highest BCUT2D eigenvalue weighted by Gasteiger charge is 2.22. The molecule has 0 unspecified atom stereocenters. The number of benzene rings is 2. The zero-order chi connectivity index (χ0) is 20.9. The minimum atomic E-state index is -4.16. The Hall–Kier alpha value is -3.50. The number of anilines is 2. The fraction of sp³-hybridized carbons (Fsp3) is 0. The topological polar surface area (TPSA) is 127 Å². The number of nitrogens with zero attached hydrogens (tertiary/aromatic N) is 3. The molecule has 0 spiro atoms. The minimum Gasteiger partial charge on any atom is -0.280 e. The van der Waals surface area contributed by atoms with E-state index in [1.165, 1.54) is 42.6 Å². The first-order valence-electron chi connectivity index (χ1n) is 8.12. The molecule has 0 amide bonds.